The molecule has 0 amide bonds. The minimum atomic E-state index is -1.16. The van der Waals surface area contributed by atoms with Gasteiger partial charge in [-0.2, -0.15) is 0 Å². The molecule has 0 aliphatic carbocycles. The molecule has 2 aromatic rings. The fourth-order valence-corrected chi connectivity index (χ4v) is 2.82. The number of halogens is 2. The normalized spacial score (nSPS) is 13.2. The predicted octanol–water partition coefficient (Wildman–Crippen LogP) is 4.67. The molecule has 0 saturated heterocycles. The fourth-order valence-electron chi connectivity index (χ4n) is 2.41. The molecule has 1 heterocycles. The molecule has 0 radical (unpaired) electrons. The van der Waals surface area contributed by atoms with Crippen molar-refractivity contribution >= 4 is 29.2 Å². The Labute approximate surface area is 161 Å². The van der Waals surface area contributed by atoms with Crippen molar-refractivity contribution in [2.24, 2.45) is 0 Å². The molecule has 26 heavy (non-hydrogen) atoms. The second kappa shape index (κ2) is 7.64. The van der Waals surface area contributed by atoms with Gasteiger partial charge in [0.1, 0.15) is 25.6 Å². The maximum absolute atomic E-state index is 12.4. The minimum Gasteiger partial charge on any atom is -0.486 e. The zero-order chi connectivity index (χ0) is 18.7. The molecule has 3 rings (SSSR count). The van der Waals surface area contributed by atoms with E-state index in [9.17, 15) is 4.79 Å². The van der Waals surface area contributed by atoms with Gasteiger partial charge < -0.3 is 18.9 Å². The lowest BCUT2D eigenvalue weighted by atomic mass is 10.1. The Balaban J connectivity index is 1.64. The van der Waals surface area contributed by atoms with E-state index in [4.69, 9.17) is 42.1 Å². The minimum absolute atomic E-state index is 0.0442. The van der Waals surface area contributed by atoms with E-state index >= 15 is 0 Å². The van der Waals surface area contributed by atoms with E-state index in [0.717, 1.165) is 0 Å². The Hall–Kier alpha value is -2.11. The van der Waals surface area contributed by atoms with Gasteiger partial charge in [0, 0.05) is 5.02 Å². The highest BCUT2D eigenvalue weighted by molar-refractivity contribution is 6.32. The topological polar surface area (TPSA) is 54.0 Å². The van der Waals surface area contributed by atoms with Gasteiger partial charge in [-0.1, -0.05) is 23.2 Å². The van der Waals surface area contributed by atoms with Gasteiger partial charge in [0.05, 0.1) is 5.02 Å². The van der Waals surface area contributed by atoms with E-state index in [1.807, 2.05) is 0 Å². The van der Waals surface area contributed by atoms with Crippen molar-refractivity contribution in [3.05, 3.63) is 52.0 Å². The summed E-state index contributed by atoms with van der Waals surface area (Å²) in [5.41, 5.74) is -0.458. The molecule has 0 fully saturated rings. The van der Waals surface area contributed by atoms with E-state index in [1.54, 1.807) is 50.2 Å². The van der Waals surface area contributed by atoms with Gasteiger partial charge in [0.2, 0.25) is 0 Å². The van der Waals surface area contributed by atoms with Gasteiger partial charge >= 0.3 is 5.97 Å². The van der Waals surface area contributed by atoms with Crippen LogP contribution >= 0.6 is 23.2 Å². The summed E-state index contributed by atoms with van der Waals surface area (Å²) in [6.45, 7) is 4.23. The van der Waals surface area contributed by atoms with E-state index in [2.05, 4.69) is 0 Å². The molecule has 0 spiro atoms. The summed E-state index contributed by atoms with van der Waals surface area (Å²) >= 11 is 12.0. The summed E-state index contributed by atoms with van der Waals surface area (Å²) in [6.07, 6.45) is 0. The number of rotatable bonds is 5. The summed E-state index contributed by atoms with van der Waals surface area (Å²) in [5, 5.41) is 1.01. The van der Waals surface area contributed by atoms with Crippen LogP contribution in [0.15, 0.2) is 36.4 Å². The Bertz CT molecular complexity index is 802. The first kappa shape index (κ1) is 18.7. The summed E-state index contributed by atoms with van der Waals surface area (Å²) in [7, 11) is 0. The van der Waals surface area contributed by atoms with Crippen molar-refractivity contribution in [1.29, 1.82) is 0 Å². The number of benzene rings is 2. The van der Waals surface area contributed by atoms with Gasteiger partial charge in [-0.15, -0.1) is 0 Å². The van der Waals surface area contributed by atoms with Crippen molar-refractivity contribution in [2.75, 3.05) is 13.2 Å². The van der Waals surface area contributed by atoms with Crippen LogP contribution in [0.1, 0.15) is 19.4 Å². The number of hydrogen-bond donors (Lipinski definition) is 0. The maximum atomic E-state index is 12.4. The molecular formula is C19H18Cl2O5. The van der Waals surface area contributed by atoms with Crippen molar-refractivity contribution in [3.8, 4) is 17.2 Å². The third kappa shape index (κ3) is 4.34. The highest BCUT2D eigenvalue weighted by Crippen LogP contribution is 2.38. The van der Waals surface area contributed by atoms with Crippen molar-refractivity contribution in [2.45, 2.75) is 26.1 Å². The average Bonchev–Trinajstić information content (AvgIpc) is 2.61. The quantitative estimate of drug-likeness (QED) is 0.687. The molecule has 138 valence electrons. The molecule has 2 aromatic carbocycles. The van der Waals surface area contributed by atoms with Gasteiger partial charge in [0.25, 0.3) is 0 Å². The highest BCUT2D eigenvalue weighted by Gasteiger charge is 2.32. The van der Waals surface area contributed by atoms with Crippen LogP contribution < -0.4 is 14.2 Å². The maximum Gasteiger partial charge on any atom is 0.350 e. The van der Waals surface area contributed by atoms with Crippen LogP contribution in [0.2, 0.25) is 10.0 Å². The van der Waals surface area contributed by atoms with Crippen LogP contribution in [-0.4, -0.2) is 24.8 Å². The largest absolute Gasteiger partial charge is 0.486 e. The number of fused-ring (bicyclic) bond motifs is 1. The molecule has 1 aliphatic heterocycles. The number of esters is 1. The molecule has 0 bridgehead atoms. The fraction of sp³-hybridized carbons (Fsp3) is 0.316. The first-order valence-electron chi connectivity index (χ1n) is 8.05. The molecule has 0 aromatic heterocycles. The van der Waals surface area contributed by atoms with Crippen LogP contribution in [0, 0.1) is 0 Å². The van der Waals surface area contributed by atoms with Gasteiger partial charge in [-0.3, -0.25) is 0 Å². The summed E-state index contributed by atoms with van der Waals surface area (Å²) in [4.78, 5) is 12.4. The Kier molecular flexibility index (Phi) is 5.49. The number of carbonyl (C=O) groups excluding carboxylic acids is 1. The summed E-state index contributed by atoms with van der Waals surface area (Å²) in [5.74, 6) is 1.09. The summed E-state index contributed by atoms with van der Waals surface area (Å²) in [6, 6.07) is 10.2. The first-order chi connectivity index (χ1) is 12.3. The number of ether oxygens (including phenoxy) is 4. The van der Waals surface area contributed by atoms with E-state index in [-0.39, 0.29) is 6.61 Å². The first-order valence-corrected chi connectivity index (χ1v) is 8.80. The van der Waals surface area contributed by atoms with Crippen LogP contribution in [0.25, 0.3) is 0 Å². The van der Waals surface area contributed by atoms with Crippen LogP contribution in [-0.2, 0) is 16.1 Å². The lowest BCUT2D eigenvalue weighted by Crippen LogP contribution is -2.39. The highest BCUT2D eigenvalue weighted by atomic mass is 35.5. The SMILES string of the molecule is CC(C)(Oc1ccc(Cl)cc1)C(=O)OCc1cc(Cl)c2c(c1)OCCO2. The molecule has 5 nitrogen and oxygen atoms in total. The zero-order valence-corrected chi connectivity index (χ0v) is 15.9. The molecule has 0 unspecified atom stereocenters. The number of hydrogen-bond acceptors (Lipinski definition) is 5. The van der Waals surface area contributed by atoms with Gasteiger partial charge in [-0.25, -0.2) is 4.79 Å². The molecule has 0 saturated carbocycles. The average molecular weight is 397 g/mol. The second-order valence-electron chi connectivity index (χ2n) is 6.24. The van der Waals surface area contributed by atoms with Crippen molar-refractivity contribution in [3.63, 3.8) is 0 Å². The lowest BCUT2D eigenvalue weighted by molar-refractivity contribution is -0.160. The second-order valence-corrected chi connectivity index (χ2v) is 7.09. The van der Waals surface area contributed by atoms with Gasteiger partial charge in [0.15, 0.2) is 17.1 Å². The molecule has 1 aliphatic rings. The Morgan fingerprint density at radius 2 is 1.81 bits per heavy atom. The summed E-state index contributed by atoms with van der Waals surface area (Å²) < 4.78 is 22.1. The van der Waals surface area contributed by atoms with Crippen LogP contribution in [0.3, 0.4) is 0 Å². The smallest absolute Gasteiger partial charge is 0.350 e. The molecule has 7 heteroatoms. The van der Waals surface area contributed by atoms with Crippen LogP contribution in [0.5, 0.6) is 17.2 Å². The van der Waals surface area contributed by atoms with Gasteiger partial charge in [-0.05, 0) is 55.8 Å². The Morgan fingerprint density at radius 1 is 1.12 bits per heavy atom. The zero-order valence-electron chi connectivity index (χ0n) is 14.4. The standard InChI is InChI=1S/C19H18Cl2O5/c1-19(2,26-14-5-3-13(20)4-6-14)18(22)25-11-12-9-15(21)17-16(10-12)23-7-8-24-17/h3-6,9-10H,7-8,11H2,1-2H3. The molecule has 0 atom stereocenters. The van der Waals surface area contributed by atoms with Crippen molar-refractivity contribution in [1.82, 2.24) is 0 Å². The van der Waals surface area contributed by atoms with E-state index < -0.39 is 11.6 Å². The van der Waals surface area contributed by atoms with Crippen LogP contribution in [0.4, 0.5) is 0 Å². The third-order valence-corrected chi connectivity index (χ3v) is 4.24. The number of carbonyl (C=O) groups is 1. The third-order valence-electron chi connectivity index (χ3n) is 3.70. The van der Waals surface area contributed by atoms with Crippen molar-refractivity contribution < 1.29 is 23.7 Å². The van der Waals surface area contributed by atoms with E-state index in [1.165, 1.54) is 0 Å². The molecule has 0 N–H and O–H groups in total. The Morgan fingerprint density at radius 3 is 2.54 bits per heavy atom. The lowest BCUT2D eigenvalue weighted by Gasteiger charge is -2.25. The predicted molar refractivity (Wildman–Crippen MR) is 98.4 cm³/mol. The molecular weight excluding hydrogens is 379 g/mol. The van der Waals surface area contributed by atoms with E-state index in [0.29, 0.717) is 46.1 Å². The monoisotopic (exact) mass is 396 g/mol.